The predicted octanol–water partition coefficient (Wildman–Crippen LogP) is 4.20. The normalized spacial score (nSPS) is 11.6. The van der Waals surface area contributed by atoms with Crippen LogP contribution in [0.5, 0.6) is 5.75 Å². The van der Waals surface area contributed by atoms with Gasteiger partial charge in [-0.25, -0.2) is 0 Å². The maximum atomic E-state index is 11.3. The summed E-state index contributed by atoms with van der Waals surface area (Å²) >= 11 is 0. The van der Waals surface area contributed by atoms with Crippen LogP contribution in [0.2, 0.25) is 0 Å². The fourth-order valence-electron chi connectivity index (χ4n) is 2.94. The van der Waals surface area contributed by atoms with Crippen molar-refractivity contribution in [2.24, 2.45) is 0 Å². The third-order valence-corrected chi connectivity index (χ3v) is 3.80. The molecular weight excluding hydrogens is 254 g/mol. The van der Waals surface area contributed by atoms with E-state index in [9.17, 15) is 15.2 Å². The van der Waals surface area contributed by atoms with Gasteiger partial charge < -0.3 is 5.11 Å². The van der Waals surface area contributed by atoms with Gasteiger partial charge in [0, 0.05) is 22.2 Å². The Morgan fingerprint density at radius 2 is 1.65 bits per heavy atom. The highest BCUT2D eigenvalue weighted by Gasteiger charge is 2.18. The molecule has 0 saturated heterocycles. The SMILES string of the molecule is O=[N+]([O-])c1cc2ccc(O)c3ccc4cccc1c4c23. The van der Waals surface area contributed by atoms with Crippen molar-refractivity contribution in [3.05, 3.63) is 58.6 Å². The number of phenolic OH excluding ortho intramolecular Hbond substituents is 1. The van der Waals surface area contributed by atoms with Crippen molar-refractivity contribution in [1.29, 1.82) is 0 Å². The highest BCUT2D eigenvalue weighted by Crippen LogP contribution is 2.41. The molecular formula is C16H9NO3. The van der Waals surface area contributed by atoms with Crippen molar-refractivity contribution in [3.63, 3.8) is 0 Å². The number of nitro benzene ring substituents is 1. The first-order valence-corrected chi connectivity index (χ1v) is 6.21. The highest BCUT2D eigenvalue weighted by molar-refractivity contribution is 6.26. The van der Waals surface area contributed by atoms with Crippen LogP contribution in [-0.2, 0) is 0 Å². The van der Waals surface area contributed by atoms with Crippen LogP contribution >= 0.6 is 0 Å². The molecule has 4 heteroatoms. The molecule has 4 aromatic carbocycles. The molecule has 0 fully saturated rings. The Labute approximate surface area is 113 Å². The van der Waals surface area contributed by atoms with E-state index in [-0.39, 0.29) is 16.4 Å². The molecule has 0 aliphatic rings. The van der Waals surface area contributed by atoms with Gasteiger partial charge in [-0.05, 0) is 22.9 Å². The lowest BCUT2D eigenvalue weighted by Crippen LogP contribution is -1.92. The topological polar surface area (TPSA) is 63.4 Å². The van der Waals surface area contributed by atoms with Crippen LogP contribution in [0.15, 0.2) is 48.5 Å². The van der Waals surface area contributed by atoms with Crippen molar-refractivity contribution in [3.8, 4) is 5.75 Å². The predicted molar refractivity (Wildman–Crippen MR) is 78.5 cm³/mol. The zero-order valence-corrected chi connectivity index (χ0v) is 10.3. The number of nitrogens with zero attached hydrogens (tertiary/aromatic N) is 1. The van der Waals surface area contributed by atoms with Gasteiger partial charge >= 0.3 is 0 Å². The standard InChI is InChI=1S/C16H9NO3/c18-14-7-5-10-8-13(17(19)20)11-3-1-2-9-4-6-12(14)16(10)15(9)11/h1-8,18H. The van der Waals surface area contributed by atoms with Gasteiger partial charge in [-0.15, -0.1) is 0 Å². The Hall–Kier alpha value is -2.88. The molecule has 4 aromatic rings. The van der Waals surface area contributed by atoms with Crippen molar-refractivity contribution in [2.45, 2.75) is 0 Å². The summed E-state index contributed by atoms with van der Waals surface area (Å²) in [4.78, 5) is 10.9. The maximum Gasteiger partial charge on any atom is 0.277 e. The van der Waals surface area contributed by atoms with Crippen LogP contribution in [0.25, 0.3) is 32.3 Å². The average molecular weight is 263 g/mol. The Bertz CT molecular complexity index is 991. The van der Waals surface area contributed by atoms with Crippen LogP contribution in [0.3, 0.4) is 0 Å². The van der Waals surface area contributed by atoms with Crippen LogP contribution < -0.4 is 0 Å². The molecule has 0 aliphatic heterocycles. The fraction of sp³-hybridized carbons (Fsp3) is 0. The molecule has 0 atom stereocenters. The van der Waals surface area contributed by atoms with Crippen LogP contribution in [-0.4, -0.2) is 10.0 Å². The average Bonchev–Trinajstić information content (AvgIpc) is 2.46. The van der Waals surface area contributed by atoms with E-state index < -0.39 is 0 Å². The molecule has 96 valence electrons. The first-order valence-electron chi connectivity index (χ1n) is 6.21. The second-order valence-corrected chi connectivity index (χ2v) is 4.85. The Morgan fingerprint density at radius 3 is 2.45 bits per heavy atom. The first kappa shape index (κ1) is 11.0. The summed E-state index contributed by atoms with van der Waals surface area (Å²) < 4.78 is 0. The number of benzene rings is 4. The number of nitro groups is 1. The highest BCUT2D eigenvalue weighted by atomic mass is 16.6. The minimum Gasteiger partial charge on any atom is -0.507 e. The molecule has 0 spiro atoms. The van der Waals surface area contributed by atoms with Crippen molar-refractivity contribution >= 4 is 38.0 Å². The molecule has 4 rings (SSSR count). The number of rotatable bonds is 1. The maximum absolute atomic E-state index is 11.3. The number of hydrogen-bond donors (Lipinski definition) is 1. The Morgan fingerprint density at radius 1 is 0.900 bits per heavy atom. The fourth-order valence-corrected chi connectivity index (χ4v) is 2.94. The Balaban J connectivity index is 2.42. The van der Waals surface area contributed by atoms with Gasteiger partial charge in [-0.3, -0.25) is 10.1 Å². The lowest BCUT2D eigenvalue weighted by molar-refractivity contribution is -0.382. The third kappa shape index (κ3) is 1.25. The van der Waals surface area contributed by atoms with Gasteiger partial charge in [-0.1, -0.05) is 30.3 Å². The Kier molecular flexibility index (Phi) is 1.96. The summed E-state index contributed by atoms with van der Waals surface area (Å²) in [5, 5.41) is 26.0. The minimum atomic E-state index is -0.358. The summed E-state index contributed by atoms with van der Waals surface area (Å²) in [5.41, 5.74) is 0.0984. The van der Waals surface area contributed by atoms with Gasteiger partial charge in [0.25, 0.3) is 5.69 Å². The number of hydrogen-bond acceptors (Lipinski definition) is 3. The van der Waals surface area contributed by atoms with Crippen molar-refractivity contribution in [1.82, 2.24) is 0 Å². The largest absolute Gasteiger partial charge is 0.507 e. The number of non-ortho nitro benzene ring substituents is 1. The molecule has 0 aliphatic carbocycles. The second-order valence-electron chi connectivity index (χ2n) is 4.85. The van der Waals surface area contributed by atoms with Gasteiger partial charge in [0.2, 0.25) is 0 Å². The number of aromatic hydroxyl groups is 1. The smallest absolute Gasteiger partial charge is 0.277 e. The van der Waals surface area contributed by atoms with Crippen LogP contribution in [0.4, 0.5) is 5.69 Å². The van der Waals surface area contributed by atoms with Crippen molar-refractivity contribution in [2.75, 3.05) is 0 Å². The molecule has 0 unspecified atom stereocenters. The van der Waals surface area contributed by atoms with E-state index in [1.807, 2.05) is 24.3 Å². The molecule has 0 saturated carbocycles. The molecule has 0 bridgehead atoms. The lowest BCUT2D eigenvalue weighted by atomic mass is 9.93. The van der Waals surface area contributed by atoms with E-state index in [4.69, 9.17) is 0 Å². The summed E-state index contributed by atoms with van der Waals surface area (Å²) in [7, 11) is 0. The molecule has 0 radical (unpaired) electrons. The van der Waals surface area contributed by atoms with E-state index >= 15 is 0 Å². The molecule has 0 aromatic heterocycles. The molecule has 0 amide bonds. The summed E-state index contributed by atoms with van der Waals surface area (Å²) in [6, 6.07) is 14.1. The third-order valence-electron chi connectivity index (χ3n) is 3.80. The quantitative estimate of drug-likeness (QED) is 0.318. The molecule has 0 heterocycles. The molecule has 4 nitrogen and oxygen atoms in total. The van der Waals surface area contributed by atoms with E-state index in [2.05, 4.69) is 0 Å². The van der Waals surface area contributed by atoms with E-state index in [0.29, 0.717) is 5.39 Å². The minimum absolute atomic E-state index is 0.0984. The first-order chi connectivity index (χ1) is 9.66. The number of phenols is 1. The molecule has 20 heavy (non-hydrogen) atoms. The molecule has 1 N–H and O–H groups in total. The summed E-state index contributed by atoms with van der Waals surface area (Å²) in [6.45, 7) is 0. The zero-order valence-electron chi connectivity index (χ0n) is 10.3. The van der Waals surface area contributed by atoms with Crippen LogP contribution in [0.1, 0.15) is 0 Å². The van der Waals surface area contributed by atoms with E-state index in [0.717, 1.165) is 26.9 Å². The van der Waals surface area contributed by atoms with E-state index in [1.54, 1.807) is 24.3 Å². The van der Waals surface area contributed by atoms with Gasteiger partial charge in [-0.2, -0.15) is 0 Å². The van der Waals surface area contributed by atoms with Crippen molar-refractivity contribution < 1.29 is 10.0 Å². The summed E-state index contributed by atoms with van der Waals surface area (Å²) in [6.07, 6.45) is 0. The lowest BCUT2D eigenvalue weighted by Gasteiger charge is -2.11. The van der Waals surface area contributed by atoms with E-state index in [1.165, 1.54) is 0 Å². The van der Waals surface area contributed by atoms with Gasteiger partial charge in [0.05, 0.1) is 10.3 Å². The second kappa shape index (κ2) is 3.57. The van der Waals surface area contributed by atoms with Gasteiger partial charge in [0.15, 0.2) is 0 Å². The summed E-state index contributed by atoms with van der Waals surface area (Å²) in [5.74, 6) is 0.193. The van der Waals surface area contributed by atoms with Gasteiger partial charge in [0.1, 0.15) is 5.75 Å². The monoisotopic (exact) mass is 263 g/mol. The zero-order chi connectivity index (χ0) is 13.9. The van der Waals surface area contributed by atoms with Crippen LogP contribution in [0, 0.1) is 10.1 Å².